The van der Waals surface area contributed by atoms with E-state index in [9.17, 15) is 0 Å². The van der Waals surface area contributed by atoms with Gasteiger partial charge in [-0.15, -0.1) is 0 Å². The first-order valence-electron chi connectivity index (χ1n) is 4.88. The molecular weight excluding hydrogens is 282 g/mol. The molecule has 0 aliphatic rings. The van der Waals surface area contributed by atoms with Crippen LogP contribution in [0, 0.1) is 0 Å². The summed E-state index contributed by atoms with van der Waals surface area (Å²) < 4.78 is 0.895. The normalized spacial score (nSPS) is 11.2. The molecule has 0 aromatic carbocycles. The topological polar surface area (TPSA) is 76.2 Å². The SMILES string of the molecule is N/C(=N\Nc1ccccn1)c1ccc(Br)cn1. The lowest BCUT2D eigenvalue weighted by Crippen LogP contribution is -2.17. The van der Waals surface area contributed by atoms with Crippen molar-refractivity contribution in [2.75, 3.05) is 5.43 Å². The van der Waals surface area contributed by atoms with Crippen LogP contribution in [0.1, 0.15) is 5.69 Å². The number of anilines is 1. The van der Waals surface area contributed by atoms with Crippen LogP contribution in [0.2, 0.25) is 0 Å². The van der Waals surface area contributed by atoms with Crippen molar-refractivity contribution in [3.63, 3.8) is 0 Å². The van der Waals surface area contributed by atoms with Gasteiger partial charge in [-0.25, -0.2) is 4.98 Å². The van der Waals surface area contributed by atoms with Gasteiger partial charge in [0.15, 0.2) is 5.84 Å². The van der Waals surface area contributed by atoms with Crippen molar-refractivity contribution in [1.29, 1.82) is 0 Å². The number of nitrogens with zero attached hydrogens (tertiary/aromatic N) is 3. The molecule has 0 saturated carbocycles. The number of hydrogen-bond acceptors (Lipinski definition) is 4. The maximum atomic E-state index is 5.77. The van der Waals surface area contributed by atoms with Gasteiger partial charge < -0.3 is 5.73 Å². The average molecular weight is 292 g/mol. The molecule has 2 aromatic heterocycles. The van der Waals surface area contributed by atoms with Crippen LogP contribution in [-0.2, 0) is 0 Å². The molecule has 0 unspecified atom stereocenters. The first-order valence-corrected chi connectivity index (χ1v) is 5.67. The van der Waals surface area contributed by atoms with Crippen LogP contribution in [0.3, 0.4) is 0 Å². The zero-order valence-electron chi connectivity index (χ0n) is 8.84. The minimum atomic E-state index is 0.308. The largest absolute Gasteiger partial charge is 0.380 e. The molecule has 0 amide bonds. The van der Waals surface area contributed by atoms with Crippen LogP contribution in [0.5, 0.6) is 0 Å². The standard InChI is InChI=1S/C11H10BrN5/c12-8-4-5-9(15-7-8)11(13)17-16-10-3-1-2-6-14-10/h1-7H,(H2,13,17)(H,14,16). The lowest BCUT2D eigenvalue weighted by atomic mass is 10.3. The molecule has 0 radical (unpaired) electrons. The van der Waals surface area contributed by atoms with Crippen LogP contribution in [0.15, 0.2) is 52.3 Å². The molecule has 17 heavy (non-hydrogen) atoms. The molecule has 0 aliphatic heterocycles. The number of aromatic nitrogens is 2. The van der Waals surface area contributed by atoms with Gasteiger partial charge in [-0.2, -0.15) is 5.10 Å². The Kier molecular flexibility index (Phi) is 3.66. The van der Waals surface area contributed by atoms with Gasteiger partial charge in [-0.3, -0.25) is 10.4 Å². The van der Waals surface area contributed by atoms with Crippen molar-refractivity contribution in [2.24, 2.45) is 10.8 Å². The fraction of sp³-hybridized carbons (Fsp3) is 0. The summed E-state index contributed by atoms with van der Waals surface area (Å²) in [6.45, 7) is 0. The number of nitrogens with two attached hydrogens (primary N) is 1. The third kappa shape index (κ3) is 3.25. The van der Waals surface area contributed by atoms with E-state index < -0.39 is 0 Å². The van der Waals surface area contributed by atoms with E-state index >= 15 is 0 Å². The first kappa shape index (κ1) is 11.5. The van der Waals surface area contributed by atoms with E-state index in [1.54, 1.807) is 24.5 Å². The second kappa shape index (κ2) is 5.40. The molecule has 0 fully saturated rings. The summed E-state index contributed by atoms with van der Waals surface area (Å²) >= 11 is 3.30. The van der Waals surface area contributed by atoms with Crippen LogP contribution in [0.4, 0.5) is 5.82 Å². The van der Waals surface area contributed by atoms with Crippen molar-refractivity contribution in [2.45, 2.75) is 0 Å². The van der Waals surface area contributed by atoms with Crippen LogP contribution in [-0.4, -0.2) is 15.8 Å². The Morgan fingerprint density at radius 2 is 2.12 bits per heavy atom. The smallest absolute Gasteiger partial charge is 0.169 e. The fourth-order valence-corrected chi connectivity index (χ4v) is 1.37. The molecule has 5 nitrogen and oxygen atoms in total. The molecule has 2 aromatic rings. The Morgan fingerprint density at radius 1 is 1.24 bits per heavy atom. The Morgan fingerprint density at radius 3 is 2.76 bits per heavy atom. The first-order chi connectivity index (χ1) is 8.25. The molecule has 6 heteroatoms. The van der Waals surface area contributed by atoms with E-state index in [4.69, 9.17) is 5.73 Å². The third-order valence-electron chi connectivity index (χ3n) is 1.95. The van der Waals surface area contributed by atoms with Gasteiger partial charge in [0.2, 0.25) is 0 Å². The number of hydrogen-bond donors (Lipinski definition) is 2. The lowest BCUT2D eigenvalue weighted by Gasteiger charge is -2.01. The summed E-state index contributed by atoms with van der Waals surface area (Å²) in [5.41, 5.74) is 9.14. The Labute approximate surface area is 107 Å². The maximum Gasteiger partial charge on any atom is 0.169 e. The van der Waals surface area contributed by atoms with Gasteiger partial charge >= 0.3 is 0 Å². The Bertz CT molecular complexity index is 509. The highest BCUT2D eigenvalue weighted by Crippen LogP contribution is 2.07. The van der Waals surface area contributed by atoms with E-state index in [2.05, 4.69) is 36.4 Å². The van der Waals surface area contributed by atoms with Gasteiger partial charge in [-0.05, 0) is 40.2 Å². The summed E-state index contributed by atoms with van der Waals surface area (Å²) in [5.74, 6) is 0.940. The lowest BCUT2D eigenvalue weighted by molar-refractivity contribution is 1.19. The molecule has 2 rings (SSSR count). The zero-order valence-corrected chi connectivity index (χ0v) is 10.4. The molecule has 2 heterocycles. The molecule has 0 atom stereocenters. The van der Waals surface area contributed by atoms with Gasteiger partial charge in [0.1, 0.15) is 11.5 Å². The highest BCUT2D eigenvalue weighted by molar-refractivity contribution is 9.10. The van der Waals surface area contributed by atoms with Crippen molar-refractivity contribution < 1.29 is 0 Å². The second-order valence-corrected chi connectivity index (χ2v) is 4.10. The number of rotatable bonds is 3. The van der Waals surface area contributed by atoms with Crippen LogP contribution < -0.4 is 11.2 Å². The number of hydrazone groups is 1. The molecule has 0 bridgehead atoms. The van der Waals surface area contributed by atoms with E-state index in [-0.39, 0.29) is 0 Å². The van der Waals surface area contributed by atoms with Gasteiger partial charge in [-0.1, -0.05) is 6.07 Å². The molecule has 0 saturated heterocycles. The van der Waals surface area contributed by atoms with E-state index in [1.807, 2.05) is 18.2 Å². The van der Waals surface area contributed by atoms with E-state index in [1.165, 1.54) is 0 Å². The van der Waals surface area contributed by atoms with Crippen molar-refractivity contribution in [3.05, 3.63) is 52.9 Å². The van der Waals surface area contributed by atoms with Crippen molar-refractivity contribution in [1.82, 2.24) is 9.97 Å². The Balaban J connectivity index is 2.10. The summed E-state index contributed by atoms with van der Waals surface area (Å²) in [6, 6.07) is 9.12. The highest BCUT2D eigenvalue weighted by atomic mass is 79.9. The fourth-order valence-electron chi connectivity index (χ4n) is 1.13. The minimum Gasteiger partial charge on any atom is -0.380 e. The number of nitrogens with one attached hydrogen (secondary N) is 1. The summed E-state index contributed by atoms with van der Waals surface area (Å²) in [6.07, 6.45) is 3.34. The quantitative estimate of drug-likeness (QED) is 0.515. The monoisotopic (exact) mass is 291 g/mol. The predicted octanol–water partition coefficient (Wildman–Crippen LogP) is 1.97. The Hall–Kier alpha value is -1.95. The van der Waals surface area contributed by atoms with Crippen molar-refractivity contribution >= 4 is 27.6 Å². The van der Waals surface area contributed by atoms with E-state index in [0.717, 1.165) is 4.47 Å². The second-order valence-electron chi connectivity index (χ2n) is 3.19. The molecular formula is C11H10BrN5. The zero-order chi connectivity index (χ0) is 12.1. The van der Waals surface area contributed by atoms with E-state index in [0.29, 0.717) is 17.3 Å². The predicted molar refractivity (Wildman–Crippen MR) is 70.5 cm³/mol. The van der Waals surface area contributed by atoms with Gasteiger partial charge in [0, 0.05) is 16.9 Å². The molecule has 0 aliphatic carbocycles. The summed E-state index contributed by atoms with van der Waals surface area (Å²) in [4.78, 5) is 8.18. The maximum absolute atomic E-state index is 5.77. The molecule has 3 N–H and O–H groups in total. The van der Waals surface area contributed by atoms with Crippen LogP contribution >= 0.6 is 15.9 Å². The highest BCUT2D eigenvalue weighted by Gasteiger charge is 1.99. The summed E-state index contributed by atoms with van der Waals surface area (Å²) in [5, 5.41) is 4.00. The number of halogens is 1. The van der Waals surface area contributed by atoms with Gasteiger partial charge in [0.25, 0.3) is 0 Å². The molecule has 86 valence electrons. The number of amidine groups is 1. The third-order valence-corrected chi connectivity index (χ3v) is 2.41. The number of pyridine rings is 2. The molecule has 0 spiro atoms. The van der Waals surface area contributed by atoms with Crippen LogP contribution in [0.25, 0.3) is 0 Å². The van der Waals surface area contributed by atoms with Gasteiger partial charge in [0.05, 0.1) is 0 Å². The van der Waals surface area contributed by atoms with Crippen molar-refractivity contribution in [3.8, 4) is 0 Å². The minimum absolute atomic E-state index is 0.308. The summed E-state index contributed by atoms with van der Waals surface area (Å²) in [7, 11) is 0. The average Bonchev–Trinajstić information content (AvgIpc) is 2.38.